The molecule has 2 nitrogen and oxygen atoms in total. The van der Waals surface area contributed by atoms with Crippen molar-refractivity contribution in [3.05, 3.63) is 25.3 Å². The Bertz CT molecular complexity index is 94.7. The molecule has 0 aromatic carbocycles. The maximum absolute atomic E-state index is 9.87. The van der Waals surface area contributed by atoms with Crippen molar-refractivity contribution in [2.45, 2.75) is 18.9 Å². The Morgan fingerprint density at radius 1 is 1.30 bits per heavy atom. The first-order valence-electron chi connectivity index (χ1n) is 3.16. The second-order valence-corrected chi connectivity index (χ2v) is 1.90. The minimum Gasteiger partial charge on any atom is -0.464 e. The van der Waals surface area contributed by atoms with E-state index in [-0.39, 0.29) is 6.10 Å². The van der Waals surface area contributed by atoms with Crippen molar-refractivity contribution < 1.29 is 9.53 Å². The van der Waals surface area contributed by atoms with Gasteiger partial charge in [-0.2, -0.15) is 0 Å². The average molecular weight is 140 g/mol. The van der Waals surface area contributed by atoms with Crippen LogP contribution in [0.4, 0.5) is 0 Å². The normalized spacial score (nSPS) is 8.90. The van der Waals surface area contributed by atoms with Gasteiger partial charge in [-0.05, 0) is 0 Å². The summed E-state index contributed by atoms with van der Waals surface area (Å²) in [6.07, 6.45) is 4.73. The first kappa shape index (κ1) is 8.95. The molecule has 0 amide bonds. The number of ether oxygens (including phenoxy) is 1. The molecule has 2 heteroatoms. The Morgan fingerprint density at radius 2 is 1.80 bits per heavy atom. The van der Waals surface area contributed by atoms with E-state index in [2.05, 4.69) is 13.2 Å². The van der Waals surface area contributed by atoms with E-state index in [9.17, 15) is 4.79 Å². The third-order valence-electron chi connectivity index (χ3n) is 1.11. The maximum Gasteiger partial charge on any atom is 0.293 e. The van der Waals surface area contributed by atoms with Crippen molar-refractivity contribution in [2.75, 3.05) is 0 Å². The lowest BCUT2D eigenvalue weighted by Gasteiger charge is -2.08. The standard InChI is InChI=1S/C8H12O2/c1-3-5-8(6-4-2)10-7-9/h3-4,7-8H,1-2,5-6H2. The van der Waals surface area contributed by atoms with Crippen molar-refractivity contribution in [2.24, 2.45) is 0 Å². The predicted molar refractivity (Wildman–Crippen MR) is 40.6 cm³/mol. The number of rotatable bonds is 6. The molecule has 0 radical (unpaired) electrons. The highest BCUT2D eigenvalue weighted by atomic mass is 16.5. The van der Waals surface area contributed by atoms with Gasteiger partial charge in [-0.25, -0.2) is 0 Å². The van der Waals surface area contributed by atoms with Crippen molar-refractivity contribution in [1.82, 2.24) is 0 Å². The molecule has 0 heterocycles. The van der Waals surface area contributed by atoms with Crippen molar-refractivity contribution in [1.29, 1.82) is 0 Å². The molecule has 0 aliphatic heterocycles. The van der Waals surface area contributed by atoms with Crippen molar-refractivity contribution in [3.63, 3.8) is 0 Å². The SMILES string of the molecule is C=CCC(CC=C)OC=O. The Hall–Kier alpha value is -1.05. The van der Waals surface area contributed by atoms with Crippen LogP contribution in [0.2, 0.25) is 0 Å². The molecule has 56 valence electrons. The maximum atomic E-state index is 9.87. The van der Waals surface area contributed by atoms with Gasteiger partial charge in [0.1, 0.15) is 6.10 Å². The second kappa shape index (κ2) is 6.08. The molecule has 0 rings (SSSR count). The Kier molecular flexibility index (Phi) is 5.44. The quantitative estimate of drug-likeness (QED) is 0.414. The molecule has 10 heavy (non-hydrogen) atoms. The summed E-state index contributed by atoms with van der Waals surface area (Å²) in [6.45, 7) is 7.53. The highest BCUT2D eigenvalue weighted by Gasteiger charge is 2.02. The summed E-state index contributed by atoms with van der Waals surface area (Å²) >= 11 is 0. The van der Waals surface area contributed by atoms with E-state index in [4.69, 9.17) is 4.74 Å². The molecule has 0 saturated carbocycles. The zero-order valence-electron chi connectivity index (χ0n) is 5.95. The van der Waals surface area contributed by atoms with E-state index < -0.39 is 0 Å². The number of carbonyl (C=O) groups excluding carboxylic acids is 1. The van der Waals surface area contributed by atoms with Crippen LogP contribution in [0.15, 0.2) is 25.3 Å². The van der Waals surface area contributed by atoms with Crippen LogP contribution in [0.3, 0.4) is 0 Å². The smallest absolute Gasteiger partial charge is 0.293 e. The lowest BCUT2D eigenvalue weighted by Crippen LogP contribution is -2.09. The molecule has 0 aromatic heterocycles. The van der Waals surface area contributed by atoms with Crippen LogP contribution < -0.4 is 0 Å². The summed E-state index contributed by atoms with van der Waals surface area (Å²) in [4.78, 5) is 9.87. The van der Waals surface area contributed by atoms with Gasteiger partial charge < -0.3 is 4.74 Å². The molecule has 0 fully saturated rings. The molecule has 0 atom stereocenters. The monoisotopic (exact) mass is 140 g/mol. The van der Waals surface area contributed by atoms with Crippen LogP contribution in [-0.4, -0.2) is 12.6 Å². The van der Waals surface area contributed by atoms with Gasteiger partial charge in [0, 0.05) is 12.8 Å². The van der Waals surface area contributed by atoms with E-state index in [0.717, 1.165) is 0 Å². The Labute approximate surface area is 61.2 Å². The van der Waals surface area contributed by atoms with Crippen LogP contribution in [0.1, 0.15) is 12.8 Å². The van der Waals surface area contributed by atoms with Gasteiger partial charge in [0.05, 0.1) is 0 Å². The van der Waals surface area contributed by atoms with Crippen LogP contribution in [0, 0.1) is 0 Å². The predicted octanol–water partition coefficient (Wildman–Crippen LogP) is 1.68. The molecule has 0 saturated heterocycles. The summed E-state index contributed by atoms with van der Waals surface area (Å²) in [6, 6.07) is 0. The summed E-state index contributed by atoms with van der Waals surface area (Å²) < 4.78 is 4.70. The fourth-order valence-corrected chi connectivity index (χ4v) is 0.658. The number of hydrogen-bond donors (Lipinski definition) is 0. The molecule has 0 N–H and O–H groups in total. The van der Waals surface area contributed by atoms with Gasteiger partial charge in [-0.15, -0.1) is 13.2 Å². The molecule has 0 aliphatic carbocycles. The first-order valence-corrected chi connectivity index (χ1v) is 3.16. The highest BCUT2D eigenvalue weighted by Crippen LogP contribution is 2.02. The Morgan fingerprint density at radius 3 is 2.10 bits per heavy atom. The van der Waals surface area contributed by atoms with Crippen LogP contribution in [-0.2, 0) is 9.53 Å². The minimum atomic E-state index is -0.0764. The molecule has 0 unspecified atom stereocenters. The fourth-order valence-electron chi connectivity index (χ4n) is 0.658. The molecule has 0 spiro atoms. The third-order valence-corrected chi connectivity index (χ3v) is 1.11. The minimum absolute atomic E-state index is 0.0764. The van der Waals surface area contributed by atoms with E-state index in [0.29, 0.717) is 19.3 Å². The summed E-state index contributed by atoms with van der Waals surface area (Å²) in [5, 5.41) is 0. The van der Waals surface area contributed by atoms with Gasteiger partial charge >= 0.3 is 0 Å². The summed E-state index contributed by atoms with van der Waals surface area (Å²) in [5.41, 5.74) is 0. The van der Waals surface area contributed by atoms with Gasteiger partial charge in [-0.3, -0.25) is 4.79 Å². The van der Waals surface area contributed by atoms with Crippen LogP contribution in [0.25, 0.3) is 0 Å². The van der Waals surface area contributed by atoms with E-state index in [1.54, 1.807) is 12.2 Å². The summed E-state index contributed by atoms with van der Waals surface area (Å²) in [7, 11) is 0. The number of carbonyl (C=O) groups is 1. The molecular weight excluding hydrogens is 128 g/mol. The molecule has 0 bridgehead atoms. The molecular formula is C8H12O2. The van der Waals surface area contributed by atoms with Gasteiger partial charge in [0.2, 0.25) is 0 Å². The lowest BCUT2D eigenvalue weighted by atomic mass is 10.2. The van der Waals surface area contributed by atoms with Gasteiger partial charge in [0.15, 0.2) is 0 Å². The highest BCUT2D eigenvalue weighted by molar-refractivity contribution is 5.37. The van der Waals surface area contributed by atoms with Gasteiger partial charge in [0.25, 0.3) is 6.47 Å². The summed E-state index contributed by atoms with van der Waals surface area (Å²) in [5.74, 6) is 0. The third kappa shape index (κ3) is 3.89. The fraction of sp³-hybridized carbons (Fsp3) is 0.375. The zero-order chi connectivity index (χ0) is 7.82. The zero-order valence-corrected chi connectivity index (χ0v) is 5.95. The molecule has 0 aromatic rings. The number of hydrogen-bond acceptors (Lipinski definition) is 2. The van der Waals surface area contributed by atoms with E-state index in [1.165, 1.54) is 0 Å². The van der Waals surface area contributed by atoms with Crippen LogP contribution >= 0.6 is 0 Å². The van der Waals surface area contributed by atoms with Crippen LogP contribution in [0.5, 0.6) is 0 Å². The lowest BCUT2D eigenvalue weighted by molar-refractivity contribution is -0.133. The van der Waals surface area contributed by atoms with E-state index >= 15 is 0 Å². The van der Waals surface area contributed by atoms with Crippen molar-refractivity contribution >= 4 is 6.47 Å². The largest absolute Gasteiger partial charge is 0.464 e. The second-order valence-electron chi connectivity index (χ2n) is 1.90. The average Bonchev–Trinajstić information content (AvgIpc) is 1.90. The molecule has 0 aliphatic rings. The first-order chi connectivity index (χ1) is 4.85. The van der Waals surface area contributed by atoms with Gasteiger partial charge in [-0.1, -0.05) is 12.2 Å². The van der Waals surface area contributed by atoms with Crippen molar-refractivity contribution in [3.8, 4) is 0 Å². The Balaban J connectivity index is 3.58. The van der Waals surface area contributed by atoms with E-state index in [1.807, 2.05) is 0 Å². The topological polar surface area (TPSA) is 26.3 Å².